The van der Waals surface area contributed by atoms with Crippen LogP contribution in [0.2, 0.25) is 0 Å². The Hall–Kier alpha value is -1.09. The summed E-state index contributed by atoms with van der Waals surface area (Å²) in [4.78, 5) is 0. The summed E-state index contributed by atoms with van der Waals surface area (Å²) >= 11 is 0. The molecular formula is C17H27N3. The highest BCUT2D eigenvalue weighted by Crippen LogP contribution is 2.36. The molecule has 3 nitrogen and oxygen atoms in total. The van der Waals surface area contributed by atoms with E-state index >= 15 is 0 Å². The summed E-state index contributed by atoms with van der Waals surface area (Å²) in [5, 5.41) is 4.79. The van der Waals surface area contributed by atoms with Gasteiger partial charge in [0.15, 0.2) is 0 Å². The molecule has 1 unspecified atom stereocenters. The molecule has 1 heterocycles. The monoisotopic (exact) mass is 273 g/mol. The van der Waals surface area contributed by atoms with Crippen molar-refractivity contribution in [2.24, 2.45) is 11.1 Å². The highest BCUT2D eigenvalue weighted by molar-refractivity contribution is 5.20. The van der Waals surface area contributed by atoms with E-state index in [0.29, 0.717) is 11.5 Å². The molecule has 110 valence electrons. The Morgan fingerprint density at radius 1 is 1.35 bits per heavy atom. The quantitative estimate of drug-likeness (QED) is 0.855. The van der Waals surface area contributed by atoms with E-state index in [4.69, 9.17) is 10.8 Å². The molecule has 1 aromatic heterocycles. The molecule has 1 aromatic rings. The van der Waals surface area contributed by atoms with Crippen LogP contribution in [-0.4, -0.2) is 15.8 Å². The Kier molecular flexibility index (Phi) is 3.72. The topological polar surface area (TPSA) is 43.8 Å². The summed E-state index contributed by atoms with van der Waals surface area (Å²) < 4.78 is 2.19. The Morgan fingerprint density at radius 2 is 2.10 bits per heavy atom. The Labute approximate surface area is 122 Å². The zero-order valence-corrected chi connectivity index (χ0v) is 12.8. The van der Waals surface area contributed by atoms with Gasteiger partial charge < -0.3 is 5.73 Å². The van der Waals surface area contributed by atoms with Gasteiger partial charge in [0.2, 0.25) is 0 Å². The van der Waals surface area contributed by atoms with Gasteiger partial charge in [-0.3, -0.25) is 4.68 Å². The predicted molar refractivity (Wildman–Crippen MR) is 82.5 cm³/mol. The van der Waals surface area contributed by atoms with Crippen molar-refractivity contribution in [3.05, 3.63) is 29.6 Å². The third kappa shape index (κ3) is 3.14. The summed E-state index contributed by atoms with van der Waals surface area (Å²) in [7, 11) is 0. The minimum atomic E-state index is 0.214. The number of hydrogen-bond acceptors (Lipinski definition) is 2. The van der Waals surface area contributed by atoms with E-state index in [0.717, 1.165) is 19.3 Å². The summed E-state index contributed by atoms with van der Waals surface area (Å²) in [6, 6.07) is 3.04. The standard InChI is InChI=1S/C17H27N3/c1-17(2)11-13(9-14(18)12-17)10-15-7-8-20(19-15)16-5-3-4-6-16/h7-9,14,16H,3-6,10-12,18H2,1-2H3. The highest BCUT2D eigenvalue weighted by Gasteiger charge is 2.27. The largest absolute Gasteiger partial charge is 0.324 e. The lowest BCUT2D eigenvalue weighted by molar-refractivity contribution is 0.299. The molecule has 1 saturated carbocycles. The maximum Gasteiger partial charge on any atom is 0.0665 e. The molecule has 0 spiro atoms. The molecule has 0 amide bonds. The molecule has 2 aliphatic carbocycles. The lowest BCUT2D eigenvalue weighted by Gasteiger charge is -2.33. The van der Waals surface area contributed by atoms with E-state index in [2.05, 4.69) is 36.9 Å². The molecule has 3 heteroatoms. The number of hydrogen-bond donors (Lipinski definition) is 1. The first-order chi connectivity index (χ1) is 9.52. The van der Waals surface area contributed by atoms with Gasteiger partial charge in [-0.1, -0.05) is 38.3 Å². The van der Waals surface area contributed by atoms with Crippen LogP contribution in [-0.2, 0) is 6.42 Å². The van der Waals surface area contributed by atoms with Crippen molar-refractivity contribution in [1.82, 2.24) is 9.78 Å². The molecule has 0 aromatic carbocycles. The molecule has 2 N–H and O–H groups in total. The summed E-state index contributed by atoms with van der Waals surface area (Å²) in [6.07, 6.45) is 12.9. The minimum Gasteiger partial charge on any atom is -0.324 e. The number of nitrogens with two attached hydrogens (primary N) is 1. The van der Waals surface area contributed by atoms with Crippen LogP contribution >= 0.6 is 0 Å². The van der Waals surface area contributed by atoms with E-state index < -0.39 is 0 Å². The lowest BCUT2D eigenvalue weighted by atomic mass is 9.74. The second-order valence-electron chi connectivity index (χ2n) is 7.44. The van der Waals surface area contributed by atoms with Gasteiger partial charge in [-0.25, -0.2) is 0 Å². The fourth-order valence-electron chi connectivity index (χ4n) is 3.94. The fraction of sp³-hybridized carbons (Fsp3) is 0.706. The summed E-state index contributed by atoms with van der Waals surface area (Å²) in [5.41, 5.74) is 9.15. The van der Waals surface area contributed by atoms with Gasteiger partial charge in [-0.2, -0.15) is 5.10 Å². The van der Waals surface area contributed by atoms with Crippen molar-refractivity contribution in [2.75, 3.05) is 0 Å². The van der Waals surface area contributed by atoms with E-state index in [1.165, 1.54) is 37.0 Å². The maximum absolute atomic E-state index is 6.16. The first kappa shape index (κ1) is 13.9. The SMILES string of the molecule is CC1(C)CC(Cc2ccn(C3CCCC3)n2)=CC(N)C1. The van der Waals surface area contributed by atoms with Gasteiger partial charge in [-0.05, 0) is 37.2 Å². The molecule has 1 atom stereocenters. The number of aromatic nitrogens is 2. The van der Waals surface area contributed by atoms with E-state index in [1.54, 1.807) is 0 Å². The molecular weight excluding hydrogens is 246 g/mol. The Balaban J connectivity index is 1.68. The molecule has 2 aliphatic rings. The van der Waals surface area contributed by atoms with Gasteiger partial charge >= 0.3 is 0 Å². The number of allylic oxidation sites excluding steroid dienone is 1. The average molecular weight is 273 g/mol. The average Bonchev–Trinajstić information content (AvgIpc) is 2.94. The van der Waals surface area contributed by atoms with Gasteiger partial charge in [0.25, 0.3) is 0 Å². The van der Waals surface area contributed by atoms with Crippen LogP contribution in [0.4, 0.5) is 0 Å². The van der Waals surface area contributed by atoms with Crippen molar-refractivity contribution in [3.8, 4) is 0 Å². The van der Waals surface area contributed by atoms with Gasteiger partial charge in [0, 0.05) is 18.7 Å². The van der Waals surface area contributed by atoms with Crippen molar-refractivity contribution in [2.45, 2.75) is 70.9 Å². The Morgan fingerprint density at radius 3 is 2.80 bits per heavy atom. The summed E-state index contributed by atoms with van der Waals surface area (Å²) in [6.45, 7) is 4.63. The third-order valence-electron chi connectivity index (χ3n) is 4.71. The van der Waals surface area contributed by atoms with Crippen LogP contribution in [0.5, 0.6) is 0 Å². The fourth-order valence-corrected chi connectivity index (χ4v) is 3.94. The van der Waals surface area contributed by atoms with Crippen molar-refractivity contribution < 1.29 is 0 Å². The molecule has 0 bridgehead atoms. The zero-order chi connectivity index (χ0) is 14.2. The van der Waals surface area contributed by atoms with Crippen molar-refractivity contribution in [3.63, 3.8) is 0 Å². The van der Waals surface area contributed by atoms with Crippen LogP contribution in [0.1, 0.15) is 64.1 Å². The normalized spacial score (nSPS) is 26.8. The molecule has 1 fully saturated rings. The lowest BCUT2D eigenvalue weighted by Crippen LogP contribution is -2.31. The second kappa shape index (κ2) is 5.36. The van der Waals surface area contributed by atoms with E-state index in [1.807, 2.05) is 0 Å². The third-order valence-corrected chi connectivity index (χ3v) is 4.71. The van der Waals surface area contributed by atoms with Crippen LogP contribution in [0.15, 0.2) is 23.9 Å². The maximum atomic E-state index is 6.16. The Bertz CT molecular complexity index is 492. The second-order valence-corrected chi connectivity index (χ2v) is 7.44. The summed E-state index contributed by atoms with van der Waals surface area (Å²) in [5.74, 6) is 0. The molecule has 0 aliphatic heterocycles. The van der Waals surface area contributed by atoms with Crippen LogP contribution in [0.3, 0.4) is 0 Å². The van der Waals surface area contributed by atoms with Gasteiger partial charge in [0.05, 0.1) is 11.7 Å². The smallest absolute Gasteiger partial charge is 0.0665 e. The van der Waals surface area contributed by atoms with Gasteiger partial charge in [0.1, 0.15) is 0 Å². The van der Waals surface area contributed by atoms with Crippen molar-refractivity contribution >= 4 is 0 Å². The van der Waals surface area contributed by atoms with Crippen molar-refractivity contribution in [1.29, 1.82) is 0 Å². The first-order valence-corrected chi connectivity index (χ1v) is 8.01. The molecule has 3 rings (SSSR count). The van der Waals surface area contributed by atoms with E-state index in [-0.39, 0.29) is 6.04 Å². The highest BCUT2D eigenvalue weighted by atomic mass is 15.3. The van der Waals surface area contributed by atoms with Crippen LogP contribution in [0, 0.1) is 5.41 Å². The molecule has 0 radical (unpaired) electrons. The first-order valence-electron chi connectivity index (χ1n) is 8.01. The van der Waals surface area contributed by atoms with Crippen LogP contribution < -0.4 is 5.73 Å². The molecule has 20 heavy (non-hydrogen) atoms. The van der Waals surface area contributed by atoms with Gasteiger partial charge in [-0.15, -0.1) is 0 Å². The van der Waals surface area contributed by atoms with Crippen LogP contribution in [0.25, 0.3) is 0 Å². The number of nitrogens with zero attached hydrogens (tertiary/aromatic N) is 2. The van der Waals surface area contributed by atoms with E-state index in [9.17, 15) is 0 Å². The minimum absolute atomic E-state index is 0.214. The molecule has 0 saturated heterocycles. The predicted octanol–water partition coefficient (Wildman–Crippen LogP) is 3.61. The zero-order valence-electron chi connectivity index (χ0n) is 12.8. The number of rotatable bonds is 3.